The monoisotopic (exact) mass is 557 g/mol. The molecule has 0 radical (unpaired) electrons. The smallest absolute Gasteiger partial charge is 0.344 e. The number of carbonyl (C=O) groups excluding carboxylic acids is 1. The molecule has 38 heavy (non-hydrogen) atoms. The molecular weight excluding hydrogens is 530 g/mol. The van der Waals surface area contributed by atoms with Crippen LogP contribution in [0.3, 0.4) is 0 Å². The zero-order valence-corrected chi connectivity index (χ0v) is 21.1. The highest BCUT2D eigenvalue weighted by molar-refractivity contribution is 7.91. The summed E-state index contributed by atoms with van der Waals surface area (Å²) in [5.74, 6) is -1.14. The maximum absolute atomic E-state index is 12.9. The summed E-state index contributed by atoms with van der Waals surface area (Å²) in [5.41, 5.74) is 1.35. The van der Waals surface area contributed by atoms with Gasteiger partial charge in [-0.3, -0.25) is 10.1 Å². The molecule has 0 bridgehead atoms. The summed E-state index contributed by atoms with van der Waals surface area (Å²) in [5, 5.41) is 14.8. The van der Waals surface area contributed by atoms with Crippen LogP contribution in [0.4, 0.5) is 17.6 Å². The Morgan fingerprint density at radius 1 is 1.11 bits per heavy atom. The minimum absolute atomic E-state index is 0.0259. The van der Waals surface area contributed by atoms with E-state index in [2.05, 4.69) is 20.1 Å². The third-order valence-corrected chi connectivity index (χ3v) is 7.96. The zero-order chi connectivity index (χ0) is 27.9. The van der Waals surface area contributed by atoms with Gasteiger partial charge in [-0.15, -0.1) is 0 Å². The average Bonchev–Trinajstić information content (AvgIpc) is 3.29. The van der Waals surface area contributed by atoms with Gasteiger partial charge >= 0.3 is 13.2 Å². The molecule has 1 unspecified atom stereocenters. The first-order valence-electron chi connectivity index (χ1n) is 11.7. The van der Waals surface area contributed by atoms with Gasteiger partial charge in [0.2, 0.25) is 0 Å². The van der Waals surface area contributed by atoms with Crippen molar-refractivity contribution in [3.8, 4) is 6.07 Å². The summed E-state index contributed by atoms with van der Waals surface area (Å²) in [4.78, 5) is 13.0. The molecule has 1 aliphatic rings. The molecule has 2 N–H and O–H groups in total. The predicted molar refractivity (Wildman–Crippen MR) is 128 cm³/mol. The molecule has 4 atom stereocenters. The molecule has 1 amide bonds. The lowest BCUT2D eigenvalue weighted by atomic mass is 9.94. The largest absolute Gasteiger partial charge is 0.346 e. The van der Waals surface area contributed by atoms with Crippen LogP contribution in [0.2, 0.25) is 0 Å². The Morgan fingerprint density at radius 3 is 2.32 bits per heavy atom. The summed E-state index contributed by atoms with van der Waals surface area (Å²) in [6, 6.07) is 12.7. The molecule has 206 valence electrons. The molecule has 1 saturated heterocycles. The van der Waals surface area contributed by atoms with Crippen LogP contribution in [0, 0.1) is 17.2 Å². The van der Waals surface area contributed by atoms with Gasteiger partial charge in [-0.2, -0.15) is 22.8 Å². The van der Waals surface area contributed by atoms with Crippen molar-refractivity contribution in [3.05, 3.63) is 65.2 Å². The number of alkyl halides is 4. The number of halogens is 4. The zero-order valence-electron chi connectivity index (χ0n) is 20.3. The second kappa shape index (κ2) is 13.1. The summed E-state index contributed by atoms with van der Waals surface area (Å²) < 4.78 is 83.4. The molecule has 0 saturated carbocycles. The lowest BCUT2D eigenvalue weighted by Crippen LogP contribution is -2.30. The van der Waals surface area contributed by atoms with E-state index < -0.39 is 53.2 Å². The molecule has 0 spiro atoms. The third-order valence-electron chi connectivity index (χ3n) is 6.21. The van der Waals surface area contributed by atoms with Crippen LogP contribution in [0.1, 0.15) is 53.3 Å². The minimum Gasteiger partial charge on any atom is -0.344 e. The highest BCUT2D eigenvalue weighted by Crippen LogP contribution is 2.34. The van der Waals surface area contributed by atoms with Crippen molar-refractivity contribution in [1.29, 1.82) is 5.26 Å². The van der Waals surface area contributed by atoms with Gasteiger partial charge in [0.25, 0.3) is 5.91 Å². The Labute approximate surface area is 217 Å². The Kier molecular flexibility index (Phi) is 10.2. The molecule has 1 aliphatic heterocycles. The molecule has 2 aromatic rings. The Bertz CT molecular complexity index is 1220. The predicted octanol–water partition coefficient (Wildman–Crippen LogP) is 4.32. The van der Waals surface area contributed by atoms with Gasteiger partial charge in [-0.05, 0) is 41.8 Å². The number of ether oxygens (including phenoxy) is 2. The Morgan fingerprint density at radius 2 is 1.76 bits per heavy atom. The van der Waals surface area contributed by atoms with Crippen molar-refractivity contribution in [3.63, 3.8) is 0 Å². The van der Waals surface area contributed by atoms with Gasteiger partial charge in [0.05, 0.1) is 35.8 Å². The van der Waals surface area contributed by atoms with Crippen molar-refractivity contribution in [1.82, 2.24) is 10.6 Å². The van der Waals surface area contributed by atoms with E-state index in [4.69, 9.17) is 0 Å². The SMILES string of the molecule is CCS(=O)(=O)c1ccc([C@H](CC#N)NC(=O)c2ccc(C3N[C@@H](OC(F)F)C[C@H]3COC(F)F)cc2)cc1. The number of carbonyl (C=O) groups is 1. The minimum atomic E-state index is -3.40. The number of hydrogen-bond donors (Lipinski definition) is 2. The van der Waals surface area contributed by atoms with E-state index in [1.165, 1.54) is 31.2 Å². The number of nitriles is 1. The van der Waals surface area contributed by atoms with Crippen molar-refractivity contribution in [2.45, 2.75) is 56.2 Å². The number of nitrogens with one attached hydrogen (secondary N) is 2. The number of hydrogen-bond acceptors (Lipinski definition) is 7. The van der Waals surface area contributed by atoms with Gasteiger partial charge in [-0.25, -0.2) is 8.42 Å². The lowest BCUT2D eigenvalue weighted by molar-refractivity contribution is -0.169. The third kappa shape index (κ3) is 7.73. The first-order valence-corrected chi connectivity index (χ1v) is 13.4. The van der Waals surface area contributed by atoms with E-state index in [0.29, 0.717) is 11.1 Å². The van der Waals surface area contributed by atoms with Crippen LogP contribution < -0.4 is 10.6 Å². The highest BCUT2D eigenvalue weighted by atomic mass is 32.2. The van der Waals surface area contributed by atoms with E-state index in [1.807, 2.05) is 6.07 Å². The average molecular weight is 558 g/mol. The number of sulfone groups is 1. The van der Waals surface area contributed by atoms with E-state index in [-0.39, 0.29) is 35.7 Å². The Hall–Kier alpha value is -3.05. The molecule has 1 fully saturated rings. The van der Waals surface area contributed by atoms with Crippen LogP contribution in [0.5, 0.6) is 0 Å². The number of amides is 1. The Balaban J connectivity index is 1.72. The van der Waals surface area contributed by atoms with Gasteiger partial charge in [0.1, 0.15) is 6.23 Å². The summed E-state index contributed by atoms with van der Waals surface area (Å²) in [6.07, 6.45) is -1.09. The normalized spacial score (nSPS) is 20.4. The summed E-state index contributed by atoms with van der Waals surface area (Å²) >= 11 is 0. The molecular formula is C25H27F4N3O5S. The first-order chi connectivity index (χ1) is 18.0. The molecule has 0 aromatic heterocycles. The van der Waals surface area contributed by atoms with E-state index in [9.17, 15) is 36.0 Å². The van der Waals surface area contributed by atoms with Crippen molar-refractivity contribution >= 4 is 15.7 Å². The van der Waals surface area contributed by atoms with Crippen molar-refractivity contribution in [2.75, 3.05) is 12.4 Å². The van der Waals surface area contributed by atoms with Crippen LogP contribution in [-0.2, 0) is 19.3 Å². The van der Waals surface area contributed by atoms with Crippen molar-refractivity contribution in [2.24, 2.45) is 5.92 Å². The standard InChI is InChI=1S/C25H27F4N3O5S/c1-2-38(34,35)19-9-7-15(8-10-19)20(11-12-30)31-23(33)17-5-3-16(4-6-17)22-18(14-36-24(26)27)13-21(32-22)37-25(28)29/h3-10,18,20-22,24-25,32H,2,11,13-14H2,1H3,(H,31,33)/t18-,20-,21-,22?/m0/s1. The summed E-state index contributed by atoms with van der Waals surface area (Å²) in [6.45, 7) is -4.90. The van der Waals surface area contributed by atoms with Gasteiger partial charge < -0.3 is 14.8 Å². The fourth-order valence-electron chi connectivity index (χ4n) is 4.26. The van der Waals surface area contributed by atoms with Crippen LogP contribution in [0.25, 0.3) is 0 Å². The van der Waals surface area contributed by atoms with Crippen molar-refractivity contribution < 1.29 is 40.2 Å². The summed E-state index contributed by atoms with van der Waals surface area (Å²) in [7, 11) is -3.40. The molecule has 2 aromatic carbocycles. The quantitative estimate of drug-likeness (QED) is 0.373. The fraction of sp³-hybridized carbons (Fsp3) is 0.440. The van der Waals surface area contributed by atoms with Gasteiger partial charge in [0.15, 0.2) is 9.84 Å². The fourth-order valence-corrected chi connectivity index (χ4v) is 5.15. The van der Waals surface area contributed by atoms with Gasteiger partial charge in [-0.1, -0.05) is 31.2 Å². The second-order valence-electron chi connectivity index (χ2n) is 8.60. The van der Waals surface area contributed by atoms with Crippen LogP contribution >= 0.6 is 0 Å². The van der Waals surface area contributed by atoms with Crippen LogP contribution in [-0.4, -0.2) is 46.1 Å². The van der Waals surface area contributed by atoms with E-state index in [0.717, 1.165) is 0 Å². The first kappa shape index (κ1) is 29.5. The molecule has 13 heteroatoms. The number of nitrogens with zero attached hydrogens (tertiary/aromatic N) is 1. The van der Waals surface area contributed by atoms with Crippen LogP contribution in [0.15, 0.2) is 53.4 Å². The van der Waals surface area contributed by atoms with Gasteiger partial charge in [0, 0.05) is 17.5 Å². The van der Waals surface area contributed by atoms with E-state index >= 15 is 0 Å². The number of rotatable bonds is 12. The lowest BCUT2D eigenvalue weighted by Gasteiger charge is -2.20. The number of benzene rings is 2. The topological polar surface area (TPSA) is 118 Å². The molecule has 0 aliphatic carbocycles. The second-order valence-corrected chi connectivity index (χ2v) is 10.9. The van der Waals surface area contributed by atoms with E-state index in [1.54, 1.807) is 24.3 Å². The molecule has 8 nitrogen and oxygen atoms in total. The maximum atomic E-state index is 12.9. The molecule has 3 rings (SSSR count). The highest BCUT2D eigenvalue weighted by Gasteiger charge is 2.37. The maximum Gasteiger partial charge on any atom is 0.346 e. The molecule has 1 heterocycles.